The Bertz CT molecular complexity index is 1490. The summed E-state index contributed by atoms with van der Waals surface area (Å²) in [5.74, 6) is 0.394. The van der Waals surface area contributed by atoms with E-state index in [0.29, 0.717) is 29.5 Å². The number of hydrogen-bond donors (Lipinski definition) is 2. The number of amides is 2. The number of carbonyl (C=O) groups excluding carboxylic acids is 2. The average Bonchev–Trinajstić information content (AvgIpc) is 3.30. The summed E-state index contributed by atoms with van der Waals surface area (Å²) in [4.78, 5) is 26.4. The Morgan fingerprint density at radius 3 is 2.45 bits per heavy atom. The van der Waals surface area contributed by atoms with Crippen molar-refractivity contribution in [3.05, 3.63) is 100 Å². The van der Waals surface area contributed by atoms with Gasteiger partial charge in [-0.3, -0.25) is 9.59 Å². The summed E-state index contributed by atoms with van der Waals surface area (Å²) in [6.07, 6.45) is 4.24. The van der Waals surface area contributed by atoms with Crippen molar-refractivity contribution in [2.24, 2.45) is 0 Å². The third kappa shape index (κ3) is 6.01. The van der Waals surface area contributed by atoms with Crippen molar-refractivity contribution in [3.63, 3.8) is 0 Å². The fraction of sp³-hybridized carbons (Fsp3) is 0.200. The molecule has 0 spiro atoms. The normalized spacial score (nSPS) is 11.3. The molecule has 0 atom stereocenters. The molecule has 196 valence electrons. The molecule has 7 nitrogen and oxygen atoms in total. The molecule has 0 saturated heterocycles. The largest absolute Gasteiger partial charge is 0.493 e. The minimum Gasteiger partial charge on any atom is -0.493 e. The van der Waals surface area contributed by atoms with E-state index >= 15 is 0 Å². The van der Waals surface area contributed by atoms with Gasteiger partial charge in [-0.25, -0.2) is 0 Å². The first-order chi connectivity index (χ1) is 18.4. The number of fused-ring (bicyclic) bond motifs is 1. The number of methoxy groups -OCH3 is 2. The molecule has 1 aromatic heterocycles. The molecule has 0 radical (unpaired) electrons. The zero-order valence-electron chi connectivity index (χ0n) is 21.6. The molecule has 38 heavy (non-hydrogen) atoms. The number of carbonyl (C=O) groups is 2. The number of nitrogens with one attached hydrogen (secondary N) is 2. The first-order valence-corrected chi connectivity index (χ1v) is 12.7. The maximum Gasteiger partial charge on any atom is 0.267 e. The molecular formula is C30H30ClN3O4. The topological polar surface area (TPSA) is 81.6 Å². The number of rotatable bonds is 10. The molecule has 0 aliphatic carbocycles. The molecule has 0 aliphatic rings. The van der Waals surface area contributed by atoms with Crippen molar-refractivity contribution in [1.29, 1.82) is 0 Å². The lowest BCUT2D eigenvalue weighted by atomic mass is 10.1. The number of benzene rings is 3. The predicted molar refractivity (Wildman–Crippen MR) is 151 cm³/mol. The van der Waals surface area contributed by atoms with Crippen LogP contribution < -0.4 is 20.1 Å². The highest BCUT2D eigenvalue weighted by molar-refractivity contribution is 6.34. The fourth-order valence-electron chi connectivity index (χ4n) is 4.25. The summed E-state index contributed by atoms with van der Waals surface area (Å²) in [6, 6.07) is 20.3. The van der Waals surface area contributed by atoms with Crippen LogP contribution in [0.2, 0.25) is 5.02 Å². The summed E-state index contributed by atoms with van der Waals surface area (Å²) in [6.45, 7) is 3.18. The van der Waals surface area contributed by atoms with Crippen LogP contribution in [0.3, 0.4) is 0 Å². The van der Waals surface area contributed by atoms with Gasteiger partial charge in [-0.2, -0.15) is 0 Å². The summed E-state index contributed by atoms with van der Waals surface area (Å²) in [5, 5.41) is 6.99. The van der Waals surface area contributed by atoms with E-state index in [1.54, 1.807) is 44.6 Å². The van der Waals surface area contributed by atoms with Gasteiger partial charge in [-0.05, 0) is 55.3 Å². The number of aryl methyl sites for hydroxylation is 1. The standard InChI is InChI=1S/C30H30ClN3O4/c1-4-34-19-21(22-9-6-8-12-26(22)34)18-25(33-29(35)23-10-5-7-11-24(23)31)30(36)32-16-15-20-13-14-27(37-2)28(17-20)38-3/h5-14,17-19H,4,15-16H2,1-3H3,(H,32,36)(H,33,35). The van der Waals surface area contributed by atoms with E-state index in [0.717, 1.165) is 28.6 Å². The molecule has 0 saturated carbocycles. The molecule has 4 aromatic rings. The van der Waals surface area contributed by atoms with E-state index in [-0.39, 0.29) is 11.3 Å². The molecule has 0 bridgehead atoms. The van der Waals surface area contributed by atoms with Gasteiger partial charge in [0.2, 0.25) is 0 Å². The molecule has 0 fully saturated rings. The van der Waals surface area contributed by atoms with Gasteiger partial charge in [-0.1, -0.05) is 48.0 Å². The number of para-hydroxylation sites is 1. The summed E-state index contributed by atoms with van der Waals surface area (Å²) >= 11 is 6.24. The Morgan fingerprint density at radius 1 is 0.974 bits per heavy atom. The predicted octanol–water partition coefficient (Wildman–Crippen LogP) is 5.46. The number of nitrogens with zero attached hydrogens (tertiary/aromatic N) is 1. The highest BCUT2D eigenvalue weighted by Gasteiger charge is 2.18. The van der Waals surface area contributed by atoms with Crippen LogP contribution >= 0.6 is 11.6 Å². The molecule has 4 rings (SSSR count). The van der Waals surface area contributed by atoms with Crippen molar-refractivity contribution >= 4 is 40.4 Å². The Hall–Kier alpha value is -4.23. The highest BCUT2D eigenvalue weighted by atomic mass is 35.5. The minimum atomic E-state index is -0.462. The van der Waals surface area contributed by atoms with Crippen molar-refractivity contribution in [1.82, 2.24) is 15.2 Å². The van der Waals surface area contributed by atoms with Gasteiger partial charge in [0.15, 0.2) is 11.5 Å². The van der Waals surface area contributed by atoms with Crippen molar-refractivity contribution in [2.45, 2.75) is 19.9 Å². The van der Waals surface area contributed by atoms with Crippen molar-refractivity contribution in [2.75, 3.05) is 20.8 Å². The van der Waals surface area contributed by atoms with Crippen LogP contribution in [-0.4, -0.2) is 37.1 Å². The third-order valence-corrected chi connectivity index (χ3v) is 6.55. The van der Waals surface area contributed by atoms with Gasteiger partial charge in [0, 0.05) is 35.8 Å². The molecule has 8 heteroatoms. The zero-order valence-corrected chi connectivity index (χ0v) is 22.3. The first-order valence-electron chi connectivity index (χ1n) is 12.3. The van der Waals surface area contributed by atoms with Crippen LogP contribution in [0.15, 0.2) is 78.6 Å². The lowest BCUT2D eigenvalue weighted by molar-refractivity contribution is -0.117. The summed E-state index contributed by atoms with van der Waals surface area (Å²) in [5.41, 5.74) is 3.26. The zero-order chi connectivity index (χ0) is 27.1. The van der Waals surface area contributed by atoms with Crippen LogP contribution in [0.1, 0.15) is 28.4 Å². The molecule has 3 aromatic carbocycles. The van der Waals surface area contributed by atoms with Crippen molar-refractivity contribution < 1.29 is 19.1 Å². The Kier molecular flexibility index (Phi) is 8.71. The van der Waals surface area contributed by atoms with Crippen LogP contribution in [0.4, 0.5) is 0 Å². The molecule has 0 unspecified atom stereocenters. The smallest absolute Gasteiger partial charge is 0.267 e. The van der Waals surface area contributed by atoms with Crippen LogP contribution in [0, 0.1) is 0 Å². The maximum atomic E-state index is 13.3. The molecule has 2 amide bonds. The van der Waals surface area contributed by atoms with Gasteiger partial charge in [-0.15, -0.1) is 0 Å². The Morgan fingerprint density at radius 2 is 1.71 bits per heavy atom. The van der Waals surface area contributed by atoms with Gasteiger partial charge in [0.25, 0.3) is 11.8 Å². The minimum absolute atomic E-state index is 0.126. The van der Waals surface area contributed by atoms with E-state index in [4.69, 9.17) is 21.1 Å². The maximum absolute atomic E-state index is 13.3. The average molecular weight is 532 g/mol. The van der Waals surface area contributed by atoms with Gasteiger partial charge in [0.05, 0.1) is 24.8 Å². The monoisotopic (exact) mass is 531 g/mol. The van der Waals surface area contributed by atoms with Crippen LogP contribution in [0.5, 0.6) is 11.5 Å². The number of hydrogen-bond acceptors (Lipinski definition) is 4. The summed E-state index contributed by atoms with van der Waals surface area (Å²) < 4.78 is 12.8. The van der Waals surface area contributed by atoms with Gasteiger partial charge in [0.1, 0.15) is 5.70 Å². The molecule has 2 N–H and O–H groups in total. The van der Waals surface area contributed by atoms with E-state index in [9.17, 15) is 9.59 Å². The van der Waals surface area contributed by atoms with Gasteiger partial charge < -0.3 is 24.7 Å². The van der Waals surface area contributed by atoms with Crippen LogP contribution in [-0.2, 0) is 17.8 Å². The lowest BCUT2D eigenvalue weighted by Crippen LogP contribution is -2.35. The van der Waals surface area contributed by atoms with Crippen LogP contribution in [0.25, 0.3) is 17.0 Å². The number of aromatic nitrogens is 1. The highest BCUT2D eigenvalue weighted by Crippen LogP contribution is 2.28. The fourth-order valence-corrected chi connectivity index (χ4v) is 4.47. The Labute approximate surface area is 227 Å². The van der Waals surface area contributed by atoms with E-state index in [1.165, 1.54) is 0 Å². The van der Waals surface area contributed by atoms with Gasteiger partial charge >= 0.3 is 0 Å². The lowest BCUT2D eigenvalue weighted by Gasteiger charge is -2.13. The van der Waals surface area contributed by atoms with E-state index in [1.807, 2.05) is 48.7 Å². The second-order valence-electron chi connectivity index (χ2n) is 8.57. The molecule has 1 heterocycles. The number of halogens is 1. The Balaban J connectivity index is 1.59. The summed E-state index contributed by atoms with van der Waals surface area (Å²) in [7, 11) is 3.16. The quantitative estimate of drug-likeness (QED) is 0.266. The SMILES string of the molecule is CCn1cc(C=C(NC(=O)c2ccccc2Cl)C(=O)NCCc2ccc(OC)c(OC)c2)c2ccccc21. The number of ether oxygens (including phenoxy) is 2. The first kappa shape index (κ1) is 26.8. The second-order valence-corrected chi connectivity index (χ2v) is 8.98. The molecular weight excluding hydrogens is 502 g/mol. The second kappa shape index (κ2) is 12.3. The molecule has 0 aliphatic heterocycles. The third-order valence-electron chi connectivity index (χ3n) is 6.22. The van der Waals surface area contributed by atoms with E-state index in [2.05, 4.69) is 22.1 Å². The van der Waals surface area contributed by atoms with E-state index < -0.39 is 11.8 Å². The van der Waals surface area contributed by atoms with Crippen molar-refractivity contribution in [3.8, 4) is 11.5 Å².